The summed E-state index contributed by atoms with van der Waals surface area (Å²) in [5.41, 5.74) is 2.10. The monoisotopic (exact) mass is 206 g/mol. The minimum atomic E-state index is 0.548. The molecule has 0 unspecified atom stereocenters. The number of aryl methyl sites for hydroxylation is 3. The molecule has 0 N–H and O–H groups in total. The summed E-state index contributed by atoms with van der Waals surface area (Å²) in [4.78, 5) is 4.24. The van der Waals surface area contributed by atoms with Crippen LogP contribution in [-0.2, 0) is 13.0 Å². The lowest BCUT2D eigenvalue weighted by molar-refractivity contribution is 0.360. The normalized spacial score (nSPS) is 10.9. The Bertz CT molecular complexity index is 458. The molecule has 2 rings (SSSR count). The zero-order valence-electron chi connectivity index (χ0n) is 9.19. The van der Waals surface area contributed by atoms with E-state index in [1.165, 1.54) is 0 Å². The fourth-order valence-electron chi connectivity index (χ4n) is 1.46. The van der Waals surface area contributed by atoms with Crippen molar-refractivity contribution in [3.63, 3.8) is 0 Å². The minimum Gasteiger partial charge on any atom is -0.337 e. The maximum atomic E-state index is 5.10. The molecular formula is C10H14N4O. The summed E-state index contributed by atoms with van der Waals surface area (Å²) in [6, 6.07) is 2.02. The van der Waals surface area contributed by atoms with E-state index < -0.39 is 0 Å². The lowest BCUT2D eigenvalue weighted by atomic mass is 10.4. The smallest absolute Gasteiger partial charge is 0.248 e. The van der Waals surface area contributed by atoms with E-state index in [4.69, 9.17) is 4.52 Å². The van der Waals surface area contributed by atoms with Crippen molar-refractivity contribution in [3.05, 3.63) is 29.2 Å². The van der Waals surface area contributed by atoms with Crippen LogP contribution in [0.4, 0.5) is 0 Å². The summed E-state index contributed by atoms with van der Waals surface area (Å²) in [5.74, 6) is 1.35. The molecule has 0 spiro atoms. The van der Waals surface area contributed by atoms with Gasteiger partial charge in [-0.05, 0) is 19.9 Å². The molecule has 0 aliphatic heterocycles. The van der Waals surface area contributed by atoms with Crippen molar-refractivity contribution in [2.75, 3.05) is 0 Å². The second-order valence-corrected chi connectivity index (χ2v) is 3.54. The molecule has 80 valence electrons. The van der Waals surface area contributed by atoms with E-state index in [1.54, 1.807) is 0 Å². The number of rotatable bonds is 3. The first-order chi connectivity index (χ1) is 7.19. The molecule has 5 nitrogen and oxygen atoms in total. The van der Waals surface area contributed by atoms with Crippen LogP contribution in [0.2, 0.25) is 0 Å². The molecule has 5 heteroatoms. The first-order valence-corrected chi connectivity index (χ1v) is 5.01. The predicted molar refractivity (Wildman–Crippen MR) is 54.5 cm³/mol. The van der Waals surface area contributed by atoms with Crippen LogP contribution in [0.15, 0.2) is 10.6 Å². The summed E-state index contributed by atoms with van der Waals surface area (Å²) < 4.78 is 6.97. The van der Waals surface area contributed by atoms with Crippen molar-refractivity contribution in [3.8, 4) is 0 Å². The molecule has 2 aromatic rings. The fraction of sp³-hybridized carbons (Fsp3) is 0.500. The third kappa shape index (κ3) is 2.06. The Labute approximate surface area is 88.1 Å². The van der Waals surface area contributed by atoms with E-state index >= 15 is 0 Å². The summed E-state index contributed by atoms with van der Waals surface area (Å²) in [6.07, 6.45) is 0.792. The average Bonchev–Trinajstić information content (AvgIpc) is 2.75. The highest BCUT2D eigenvalue weighted by Crippen LogP contribution is 2.05. The second-order valence-electron chi connectivity index (χ2n) is 3.54. The van der Waals surface area contributed by atoms with Gasteiger partial charge >= 0.3 is 0 Å². The van der Waals surface area contributed by atoms with Gasteiger partial charge < -0.3 is 4.52 Å². The Morgan fingerprint density at radius 3 is 2.73 bits per heavy atom. The molecule has 0 amide bonds. The lowest BCUT2D eigenvalue weighted by Gasteiger charge is -1.98. The summed E-state index contributed by atoms with van der Waals surface area (Å²) in [5, 5.41) is 8.17. The van der Waals surface area contributed by atoms with Crippen LogP contribution < -0.4 is 0 Å². The predicted octanol–water partition coefficient (Wildman–Crippen LogP) is 1.49. The summed E-state index contributed by atoms with van der Waals surface area (Å²) in [7, 11) is 0. The highest BCUT2D eigenvalue weighted by atomic mass is 16.5. The Morgan fingerprint density at radius 1 is 1.40 bits per heavy atom. The first-order valence-electron chi connectivity index (χ1n) is 5.01. The van der Waals surface area contributed by atoms with E-state index in [0.717, 1.165) is 23.6 Å². The van der Waals surface area contributed by atoms with Crippen molar-refractivity contribution in [1.29, 1.82) is 0 Å². The maximum absolute atomic E-state index is 5.10. The van der Waals surface area contributed by atoms with Crippen LogP contribution in [0.3, 0.4) is 0 Å². The van der Waals surface area contributed by atoms with Crippen molar-refractivity contribution >= 4 is 0 Å². The summed E-state index contributed by atoms with van der Waals surface area (Å²) in [6.45, 7) is 6.52. The van der Waals surface area contributed by atoms with Crippen LogP contribution >= 0.6 is 0 Å². The maximum Gasteiger partial charge on any atom is 0.248 e. The molecule has 0 radical (unpaired) electrons. The molecule has 0 saturated carbocycles. The topological polar surface area (TPSA) is 56.7 Å². The van der Waals surface area contributed by atoms with Gasteiger partial charge in [0.1, 0.15) is 6.54 Å². The van der Waals surface area contributed by atoms with Gasteiger partial charge in [0.2, 0.25) is 5.89 Å². The van der Waals surface area contributed by atoms with Gasteiger partial charge in [-0.25, -0.2) is 0 Å². The Morgan fingerprint density at radius 2 is 2.20 bits per heavy atom. The van der Waals surface area contributed by atoms with Gasteiger partial charge in [0, 0.05) is 12.1 Å². The lowest BCUT2D eigenvalue weighted by Crippen LogP contribution is -2.04. The molecule has 0 saturated heterocycles. The molecule has 15 heavy (non-hydrogen) atoms. The van der Waals surface area contributed by atoms with E-state index in [2.05, 4.69) is 15.2 Å². The van der Waals surface area contributed by atoms with E-state index in [-0.39, 0.29) is 0 Å². The molecule has 0 atom stereocenters. The third-order valence-corrected chi connectivity index (χ3v) is 2.21. The number of hydrogen-bond donors (Lipinski definition) is 0. The molecule has 0 fully saturated rings. The van der Waals surface area contributed by atoms with Crippen molar-refractivity contribution in [2.24, 2.45) is 0 Å². The molecule has 0 aliphatic rings. The van der Waals surface area contributed by atoms with E-state index in [0.29, 0.717) is 12.4 Å². The van der Waals surface area contributed by atoms with E-state index in [1.807, 2.05) is 31.5 Å². The molecule has 2 heterocycles. The third-order valence-electron chi connectivity index (χ3n) is 2.21. The Hall–Kier alpha value is -1.65. The van der Waals surface area contributed by atoms with E-state index in [9.17, 15) is 0 Å². The van der Waals surface area contributed by atoms with Crippen molar-refractivity contribution < 1.29 is 4.52 Å². The summed E-state index contributed by atoms with van der Waals surface area (Å²) >= 11 is 0. The van der Waals surface area contributed by atoms with Crippen molar-refractivity contribution in [1.82, 2.24) is 19.9 Å². The molecule has 0 bridgehead atoms. The van der Waals surface area contributed by atoms with Gasteiger partial charge in [0.25, 0.3) is 0 Å². The van der Waals surface area contributed by atoms with Gasteiger partial charge in [-0.3, -0.25) is 4.68 Å². The largest absolute Gasteiger partial charge is 0.337 e. The number of nitrogens with zero attached hydrogens (tertiary/aromatic N) is 4. The van der Waals surface area contributed by atoms with Gasteiger partial charge in [-0.2, -0.15) is 10.1 Å². The Kier molecular flexibility index (Phi) is 2.53. The van der Waals surface area contributed by atoms with Crippen LogP contribution in [0.25, 0.3) is 0 Å². The van der Waals surface area contributed by atoms with Crippen molar-refractivity contribution in [2.45, 2.75) is 33.7 Å². The second kappa shape index (κ2) is 3.84. The standard InChI is InChI=1S/C10H14N4O/c1-4-9-11-10(15-13-9)6-14-8(3)5-7(2)12-14/h5H,4,6H2,1-3H3. The van der Waals surface area contributed by atoms with Gasteiger partial charge in [-0.1, -0.05) is 12.1 Å². The zero-order chi connectivity index (χ0) is 10.8. The SMILES string of the molecule is CCc1noc(Cn2nc(C)cc2C)n1. The first kappa shape index (κ1) is 9.89. The van der Waals surface area contributed by atoms with Crippen LogP contribution in [0.1, 0.15) is 30.0 Å². The highest BCUT2D eigenvalue weighted by Gasteiger charge is 2.07. The number of aromatic nitrogens is 4. The molecule has 0 aliphatic carbocycles. The average molecular weight is 206 g/mol. The minimum absolute atomic E-state index is 0.548. The van der Waals surface area contributed by atoms with Crippen LogP contribution in [0.5, 0.6) is 0 Å². The van der Waals surface area contributed by atoms with Gasteiger partial charge in [0.05, 0.1) is 5.69 Å². The zero-order valence-corrected chi connectivity index (χ0v) is 9.19. The van der Waals surface area contributed by atoms with Gasteiger partial charge in [0.15, 0.2) is 5.82 Å². The van der Waals surface area contributed by atoms with Crippen LogP contribution in [0, 0.1) is 13.8 Å². The van der Waals surface area contributed by atoms with Crippen LogP contribution in [-0.4, -0.2) is 19.9 Å². The fourth-order valence-corrected chi connectivity index (χ4v) is 1.46. The Balaban J connectivity index is 2.17. The molecular weight excluding hydrogens is 192 g/mol. The quantitative estimate of drug-likeness (QED) is 0.763. The molecule has 2 aromatic heterocycles. The molecule has 0 aromatic carbocycles. The van der Waals surface area contributed by atoms with Gasteiger partial charge in [-0.15, -0.1) is 0 Å². The number of hydrogen-bond acceptors (Lipinski definition) is 4. The highest BCUT2D eigenvalue weighted by molar-refractivity contribution is 5.07.